The summed E-state index contributed by atoms with van der Waals surface area (Å²) < 4.78 is 12.2. The second kappa shape index (κ2) is 7.19. The van der Waals surface area contributed by atoms with E-state index in [-0.39, 0.29) is 30.4 Å². The van der Waals surface area contributed by atoms with Gasteiger partial charge in [-0.3, -0.25) is 9.59 Å². The summed E-state index contributed by atoms with van der Waals surface area (Å²) in [7, 11) is 0. The van der Waals surface area contributed by atoms with Gasteiger partial charge in [-0.1, -0.05) is 48.5 Å². The molecule has 2 aromatic carbocycles. The van der Waals surface area contributed by atoms with Gasteiger partial charge in [0.2, 0.25) is 11.8 Å². The third kappa shape index (κ3) is 3.08. The molecule has 0 N–H and O–H groups in total. The summed E-state index contributed by atoms with van der Waals surface area (Å²) in [5, 5.41) is 0. The van der Waals surface area contributed by atoms with E-state index in [2.05, 4.69) is 0 Å². The van der Waals surface area contributed by atoms with Crippen LogP contribution in [0.15, 0.2) is 60.7 Å². The van der Waals surface area contributed by atoms with Gasteiger partial charge in [0.15, 0.2) is 5.72 Å². The molecule has 2 aromatic rings. The zero-order chi connectivity index (χ0) is 19.8. The summed E-state index contributed by atoms with van der Waals surface area (Å²) in [4.78, 5) is 29.3. The SMILES string of the molecule is O=C(CCOc1ccccc1)N1CC[C@@]23O[C@@H](c4ccccc4)CN2C(=O)C[C@@H]13. The first kappa shape index (κ1) is 18.2. The van der Waals surface area contributed by atoms with E-state index in [1.165, 1.54) is 0 Å². The standard InChI is InChI=1S/C23H24N2O4/c26-21(11-14-28-18-9-5-2-6-10-18)24-13-12-23-20(24)15-22(27)25(23)16-19(29-23)17-7-3-1-4-8-17/h1-10,19-20H,11-16H2/t19-,20-,23+/m1/s1. The minimum atomic E-state index is -0.673. The van der Waals surface area contributed by atoms with Crippen LogP contribution in [0.2, 0.25) is 0 Å². The Balaban J connectivity index is 1.27. The maximum atomic E-state index is 12.9. The fraction of sp³-hybridized carbons (Fsp3) is 0.391. The lowest BCUT2D eigenvalue weighted by molar-refractivity contribution is -0.143. The van der Waals surface area contributed by atoms with E-state index < -0.39 is 5.72 Å². The summed E-state index contributed by atoms with van der Waals surface area (Å²) in [6.07, 6.45) is 1.15. The third-order valence-electron chi connectivity index (χ3n) is 6.25. The van der Waals surface area contributed by atoms with Gasteiger partial charge in [-0.05, 0) is 17.7 Å². The fourth-order valence-corrected chi connectivity index (χ4v) is 4.88. The van der Waals surface area contributed by atoms with E-state index >= 15 is 0 Å². The molecule has 29 heavy (non-hydrogen) atoms. The van der Waals surface area contributed by atoms with E-state index in [9.17, 15) is 9.59 Å². The summed E-state index contributed by atoms with van der Waals surface area (Å²) in [6, 6.07) is 19.3. The van der Waals surface area contributed by atoms with Crippen molar-refractivity contribution in [1.29, 1.82) is 0 Å². The van der Waals surface area contributed by atoms with Crippen molar-refractivity contribution in [2.24, 2.45) is 0 Å². The first-order chi connectivity index (χ1) is 14.2. The fourth-order valence-electron chi connectivity index (χ4n) is 4.88. The lowest BCUT2D eigenvalue weighted by Crippen LogP contribution is -2.48. The molecule has 6 heteroatoms. The normalized spacial score (nSPS) is 27.8. The zero-order valence-electron chi connectivity index (χ0n) is 16.2. The molecule has 0 saturated carbocycles. The second-order valence-corrected chi connectivity index (χ2v) is 7.83. The summed E-state index contributed by atoms with van der Waals surface area (Å²) in [5.41, 5.74) is 0.400. The highest BCUT2D eigenvalue weighted by atomic mass is 16.5. The number of ether oxygens (including phenoxy) is 2. The molecule has 3 saturated heterocycles. The number of hydrogen-bond donors (Lipinski definition) is 0. The topological polar surface area (TPSA) is 59.1 Å². The van der Waals surface area contributed by atoms with Crippen LogP contribution < -0.4 is 4.74 Å². The molecular weight excluding hydrogens is 368 g/mol. The Hall–Kier alpha value is -2.86. The molecular formula is C23H24N2O4. The van der Waals surface area contributed by atoms with Gasteiger partial charge >= 0.3 is 0 Å². The molecule has 0 bridgehead atoms. The molecule has 0 radical (unpaired) electrons. The zero-order valence-corrected chi connectivity index (χ0v) is 16.2. The van der Waals surface area contributed by atoms with Gasteiger partial charge in [-0.2, -0.15) is 0 Å². The molecule has 0 unspecified atom stereocenters. The molecule has 3 heterocycles. The van der Waals surface area contributed by atoms with Crippen LogP contribution in [0.3, 0.4) is 0 Å². The Morgan fingerprint density at radius 2 is 1.83 bits per heavy atom. The van der Waals surface area contributed by atoms with Gasteiger partial charge in [-0.25, -0.2) is 0 Å². The third-order valence-corrected chi connectivity index (χ3v) is 6.25. The number of benzene rings is 2. The highest BCUT2D eigenvalue weighted by molar-refractivity contribution is 5.84. The van der Waals surface area contributed by atoms with E-state index in [0.717, 1.165) is 11.3 Å². The Morgan fingerprint density at radius 1 is 1.10 bits per heavy atom. The number of rotatable bonds is 5. The van der Waals surface area contributed by atoms with Crippen molar-refractivity contribution in [3.05, 3.63) is 66.2 Å². The summed E-state index contributed by atoms with van der Waals surface area (Å²) >= 11 is 0. The smallest absolute Gasteiger partial charge is 0.227 e. The van der Waals surface area contributed by atoms with Crippen LogP contribution in [-0.4, -0.2) is 53.1 Å². The Kier molecular flexibility index (Phi) is 4.51. The van der Waals surface area contributed by atoms with Crippen molar-refractivity contribution in [3.8, 4) is 5.75 Å². The molecule has 3 aliphatic rings. The number of likely N-dealkylation sites (tertiary alicyclic amines) is 1. The van der Waals surface area contributed by atoms with Crippen LogP contribution in [0.5, 0.6) is 5.75 Å². The number of nitrogens with zero attached hydrogens (tertiary/aromatic N) is 2. The average Bonchev–Trinajstić information content (AvgIpc) is 3.38. The summed E-state index contributed by atoms with van der Waals surface area (Å²) in [5.74, 6) is 0.848. The van der Waals surface area contributed by atoms with Crippen LogP contribution >= 0.6 is 0 Å². The summed E-state index contributed by atoms with van der Waals surface area (Å²) in [6.45, 7) is 1.49. The minimum absolute atomic E-state index is 0.0178. The number of hydrogen-bond acceptors (Lipinski definition) is 4. The molecule has 6 nitrogen and oxygen atoms in total. The number of amides is 2. The van der Waals surface area contributed by atoms with Gasteiger partial charge in [-0.15, -0.1) is 0 Å². The van der Waals surface area contributed by atoms with E-state index in [1.807, 2.05) is 70.5 Å². The van der Waals surface area contributed by atoms with Crippen molar-refractivity contribution >= 4 is 11.8 Å². The molecule has 150 valence electrons. The van der Waals surface area contributed by atoms with Crippen molar-refractivity contribution in [1.82, 2.24) is 9.80 Å². The van der Waals surface area contributed by atoms with E-state index in [0.29, 0.717) is 32.5 Å². The predicted molar refractivity (Wildman–Crippen MR) is 106 cm³/mol. The minimum Gasteiger partial charge on any atom is -0.493 e. The van der Waals surface area contributed by atoms with Crippen LogP contribution in [0, 0.1) is 0 Å². The first-order valence-corrected chi connectivity index (χ1v) is 10.2. The average molecular weight is 392 g/mol. The van der Waals surface area contributed by atoms with Gasteiger partial charge in [0.1, 0.15) is 11.9 Å². The van der Waals surface area contributed by atoms with E-state index in [1.54, 1.807) is 0 Å². The second-order valence-electron chi connectivity index (χ2n) is 7.83. The van der Waals surface area contributed by atoms with Crippen molar-refractivity contribution < 1.29 is 19.1 Å². The van der Waals surface area contributed by atoms with Crippen LogP contribution in [-0.2, 0) is 14.3 Å². The van der Waals surface area contributed by atoms with Gasteiger partial charge in [0.25, 0.3) is 0 Å². The van der Waals surface area contributed by atoms with Gasteiger partial charge < -0.3 is 19.3 Å². The largest absolute Gasteiger partial charge is 0.493 e. The quantitative estimate of drug-likeness (QED) is 0.785. The maximum Gasteiger partial charge on any atom is 0.227 e. The Morgan fingerprint density at radius 3 is 2.59 bits per heavy atom. The monoisotopic (exact) mass is 392 g/mol. The van der Waals surface area contributed by atoms with Crippen molar-refractivity contribution in [3.63, 3.8) is 0 Å². The molecule has 5 rings (SSSR count). The molecule has 2 amide bonds. The lowest BCUT2D eigenvalue weighted by Gasteiger charge is -2.32. The van der Waals surface area contributed by atoms with Crippen molar-refractivity contribution in [2.45, 2.75) is 37.1 Å². The maximum absolute atomic E-state index is 12.9. The molecule has 0 aliphatic carbocycles. The highest BCUT2D eigenvalue weighted by Gasteiger charge is 2.64. The van der Waals surface area contributed by atoms with E-state index in [4.69, 9.17) is 9.47 Å². The number of carbonyl (C=O) groups is 2. The van der Waals surface area contributed by atoms with Crippen LogP contribution in [0.4, 0.5) is 0 Å². The Labute approximate surface area is 170 Å². The van der Waals surface area contributed by atoms with Crippen molar-refractivity contribution in [2.75, 3.05) is 19.7 Å². The van der Waals surface area contributed by atoms with Crippen LogP contribution in [0.1, 0.15) is 30.9 Å². The van der Waals surface area contributed by atoms with Gasteiger partial charge in [0, 0.05) is 13.0 Å². The Bertz CT molecular complexity index is 904. The molecule has 1 spiro atoms. The molecule has 3 fully saturated rings. The number of para-hydroxylation sites is 1. The predicted octanol–water partition coefficient (Wildman–Crippen LogP) is 2.76. The highest BCUT2D eigenvalue weighted by Crippen LogP contribution is 2.50. The van der Waals surface area contributed by atoms with Crippen LogP contribution in [0.25, 0.3) is 0 Å². The molecule has 0 aromatic heterocycles. The van der Waals surface area contributed by atoms with Gasteiger partial charge in [0.05, 0.1) is 32.0 Å². The lowest BCUT2D eigenvalue weighted by atomic mass is 10.1. The first-order valence-electron chi connectivity index (χ1n) is 10.2. The molecule has 3 aliphatic heterocycles. The number of carbonyl (C=O) groups excluding carboxylic acids is 2. The molecule has 3 atom stereocenters.